The third-order valence-electron chi connectivity index (χ3n) is 4.80. The minimum atomic E-state index is 0.885. The number of pyridine rings is 1. The Morgan fingerprint density at radius 1 is 1.08 bits per heavy atom. The van der Waals surface area contributed by atoms with Crippen LogP contribution in [0.2, 0.25) is 0 Å². The summed E-state index contributed by atoms with van der Waals surface area (Å²) in [5.74, 6) is 1.82. The molecule has 5 nitrogen and oxygen atoms in total. The number of nitrogens with one attached hydrogen (secondary N) is 1. The molecule has 0 unspecified atom stereocenters. The molecule has 0 radical (unpaired) electrons. The van der Waals surface area contributed by atoms with Gasteiger partial charge in [-0.3, -0.25) is 9.88 Å². The maximum absolute atomic E-state index is 5.54. The van der Waals surface area contributed by atoms with Crippen molar-refractivity contribution in [1.82, 2.24) is 9.97 Å². The molecule has 128 valence electrons. The first kappa shape index (κ1) is 15.8. The average molecular weight is 335 g/mol. The summed E-state index contributed by atoms with van der Waals surface area (Å²) in [6, 6.07) is 6.11. The molecule has 4 rings (SSSR count). The summed E-state index contributed by atoms with van der Waals surface area (Å²) in [4.78, 5) is 15.1. The number of anilines is 1. The van der Waals surface area contributed by atoms with Crippen molar-refractivity contribution in [3.63, 3.8) is 0 Å². The topological polar surface area (TPSA) is 56.3 Å². The molecule has 0 aromatic carbocycles. The van der Waals surface area contributed by atoms with Crippen molar-refractivity contribution in [2.24, 2.45) is 0 Å². The Morgan fingerprint density at radius 3 is 2.64 bits per heavy atom. The molecular weight excluding hydrogens is 312 g/mol. The Kier molecular flexibility index (Phi) is 4.22. The standard InChI is InChI=1S/C20H22N4O/c1-14-12-16(6-8-21-14)18-13-22-20(24-9-4-3-5-10-24)23-19(18)17-7-11-25-15(17)2/h6-8,11-13H,3-5,9-10H2,1-2H3/p+1. The highest BCUT2D eigenvalue weighted by Crippen LogP contribution is 2.33. The molecule has 1 saturated heterocycles. The zero-order valence-corrected chi connectivity index (χ0v) is 14.7. The first-order valence-corrected chi connectivity index (χ1v) is 8.87. The first-order valence-electron chi connectivity index (χ1n) is 8.87. The molecule has 1 fully saturated rings. The zero-order chi connectivity index (χ0) is 17.2. The van der Waals surface area contributed by atoms with E-state index in [4.69, 9.17) is 9.40 Å². The van der Waals surface area contributed by atoms with E-state index in [1.54, 1.807) is 6.26 Å². The molecule has 25 heavy (non-hydrogen) atoms. The number of H-pyrrole nitrogens is 1. The van der Waals surface area contributed by atoms with Gasteiger partial charge >= 0.3 is 5.95 Å². The Bertz CT molecular complexity index is 881. The van der Waals surface area contributed by atoms with E-state index in [-0.39, 0.29) is 0 Å². The summed E-state index contributed by atoms with van der Waals surface area (Å²) in [6.07, 6.45) is 9.38. The highest BCUT2D eigenvalue weighted by atomic mass is 16.3. The van der Waals surface area contributed by atoms with E-state index in [9.17, 15) is 0 Å². The summed E-state index contributed by atoms with van der Waals surface area (Å²) in [6.45, 7) is 6.10. The first-order chi connectivity index (χ1) is 12.2. The second-order valence-corrected chi connectivity index (χ2v) is 6.61. The molecular formula is C20H23N4O+. The molecule has 1 N–H and O–H groups in total. The van der Waals surface area contributed by atoms with Crippen LogP contribution in [0.1, 0.15) is 30.7 Å². The highest BCUT2D eigenvalue weighted by molar-refractivity contribution is 5.81. The van der Waals surface area contributed by atoms with Gasteiger partial charge in [-0.05, 0) is 56.9 Å². The van der Waals surface area contributed by atoms with E-state index in [0.29, 0.717) is 0 Å². The number of piperidine rings is 1. The number of furan rings is 1. The SMILES string of the molecule is Cc1cc(-c2c[nH+]c(N3CCCCC3)nc2-c2ccoc2C)ccn1. The monoisotopic (exact) mass is 335 g/mol. The lowest BCUT2D eigenvalue weighted by Crippen LogP contribution is -2.35. The zero-order valence-electron chi connectivity index (χ0n) is 14.7. The van der Waals surface area contributed by atoms with Crippen LogP contribution in [0.3, 0.4) is 0 Å². The minimum absolute atomic E-state index is 0.885. The van der Waals surface area contributed by atoms with Gasteiger partial charge in [0, 0.05) is 11.9 Å². The van der Waals surface area contributed by atoms with Gasteiger partial charge in [0.05, 0.1) is 36.7 Å². The van der Waals surface area contributed by atoms with Crippen molar-refractivity contribution < 1.29 is 9.40 Å². The molecule has 0 aliphatic carbocycles. The number of aromatic nitrogens is 3. The molecule has 5 heteroatoms. The molecule has 0 saturated carbocycles. The van der Waals surface area contributed by atoms with Gasteiger partial charge in [0.15, 0.2) is 5.69 Å². The fourth-order valence-corrected chi connectivity index (χ4v) is 3.44. The Labute approximate surface area is 147 Å². The van der Waals surface area contributed by atoms with Crippen LogP contribution in [0.4, 0.5) is 5.95 Å². The number of aryl methyl sites for hydroxylation is 2. The smallest absolute Gasteiger partial charge is 0.392 e. The van der Waals surface area contributed by atoms with Gasteiger partial charge in [-0.15, -0.1) is 0 Å². The van der Waals surface area contributed by atoms with Crippen LogP contribution in [-0.4, -0.2) is 23.1 Å². The molecule has 1 aliphatic rings. The van der Waals surface area contributed by atoms with Crippen LogP contribution in [0.15, 0.2) is 41.3 Å². The third kappa shape index (κ3) is 3.14. The van der Waals surface area contributed by atoms with Crippen molar-refractivity contribution in [1.29, 1.82) is 0 Å². The third-order valence-corrected chi connectivity index (χ3v) is 4.80. The van der Waals surface area contributed by atoms with Gasteiger partial charge in [-0.2, -0.15) is 0 Å². The molecule has 3 aromatic heterocycles. The van der Waals surface area contributed by atoms with Crippen molar-refractivity contribution in [2.75, 3.05) is 18.0 Å². The molecule has 0 atom stereocenters. The van der Waals surface area contributed by atoms with Crippen molar-refractivity contribution >= 4 is 5.95 Å². The van der Waals surface area contributed by atoms with Gasteiger partial charge in [0.25, 0.3) is 0 Å². The quantitative estimate of drug-likeness (QED) is 0.730. The van der Waals surface area contributed by atoms with Gasteiger partial charge in [0.2, 0.25) is 0 Å². The summed E-state index contributed by atoms with van der Waals surface area (Å²) in [5.41, 5.74) is 5.16. The van der Waals surface area contributed by atoms with Crippen LogP contribution in [-0.2, 0) is 0 Å². The van der Waals surface area contributed by atoms with Gasteiger partial charge in [-0.25, -0.2) is 4.98 Å². The van der Waals surface area contributed by atoms with Crippen LogP contribution in [0.25, 0.3) is 22.4 Å². The number of hydrogen-bond acceptors (Lipinski definition) is 4. The van der Waals surface area contributed by atoms with Crippen molar-refractivity contribution in [3.05, 3.63) is 48.3 Å². The number of aromatic amines is 1. The Hall–Kier alpha value is -2.69. The number of nitrogens with zero attached hydrogens (tertiary/aromatic N) is 3. The van der Waals surface area contributed by atoms with E-state index < -0.39 is 0 Å². The van der Waals surface area contributed by atoms with Crippen LogP contribution in [0.5, 0.6) is 0 Å². The summed E-state index contributed by atoms with van der Waals surface area (Å²) < 4.78 is 5.54. The van der Waals surface area contributed by atoms with Crippen LogP contribution < -0.4 is 9.88 Å². The van der Waals surface area contributed by atoms with Gasteiger partial charge in [-0.1, -0.05) is 4.98 Å². The Balaban J connectivity index is 1.84. The predicted molar refractivity (Wildman–Crippen MR) is 97.3 cm³/mol. The Morgan fingerprint density at radius 2 is 1.92 bits per heavy atom. The second-order valence-electron chi connectivity index (χ2n) is 6.61. The molecule has 0 bridgehead atoms. The van der Waals surface area contributed by atoms with E-state index >= 15 is 0 Å². The molecule has 0 amide bonds. The van der Waals surface area contributed by atoms with Crippen LogP contribution >= 0.6 is 0 Å². The van der Waals surface area contributed by atoms with E-state index in [1.165, 1.54) is 19.3 Å². The van der Waals surface area contributed by atoms with E-state index in [2.05, 4.69) is 27.1 Å². The lowest BCUT2D eigenvalue weighted by molar-refractivity contribution is -0.367. The van der Waals surface area contributed by atoms with Crippen LogP contribution in [0, 0.1) is 13.8 Å². The highest BCUT2D eigenvalue weighted by Gasteiger charge is 2.25. The number of hydrogen-bond donors (Lipinski definition) is 0. The molecule has 1 aliphatic heterocycles. The maximum atomic E-state index is 5.54. The number of rotatable bonds is 3. The molecule has 0 spiro atoms. The lowest BCUT2D eigenvalue weighted by Gasteiger charge is -2.21. The van der Waals surface area contributed by atoms with Gasteiger partial charge < -0.3 is 4.42 Å². The predicted octanol–water partition coefficient (Wildman–Crippen LogP) is 3.82. The molecule has 3 aromatic rings. The lowest BCUT2D eigenvalue weighted by atomic mass is 10.0. The fraction of sp³-hybridized carbons (Fsp3) is 0.350. The minimum Gasteiger partial charge on any atom is -0.469 e. The fourth-order valence-electron chi connectivity index (χ4n) is 3.44. The van der Waals surface area contributed by atoms with Crippen molar-refractivity contribution in [2.45, 2.75) is 33.1 Å². The van der Waals surface area contributed by atoms with E-state index in [1.807, 2.05) is 32.2 Å². The van der Waals surface area contributed by atoms with E-state index in [0.717, 1.165) is 52.9 Å². The summed E-state index contributed by atoms with van der Waals surface area (Å²) in [7, 11) is 0. The average Bonchev–Trinajstić information content (AvgIpc) is 3.08. The largest absolute Gasteiger partial charge is 0.469 e. The maximum Gasteiger partial charge on any atom is 0.392 e. The second kappa shape index (κ2) is 6.67. The normalized spacial score (nSPS) is 14.7. The summed E-state index contributed by atoms with van der Waals surface area (Å²) in [5, 5.41) is 0. The summed E-state index contributed by atoms with van der Waals surface area (Å²) >= 11 is 0. The molecule has 4 heterocycles. The van der Waals surface area contributed by atoms with Gasteiger partial charge in [0.1, 0.15) is 5.76 Å². The van der Waals surface area contributed by atoms with Crippen molar-refractivity contribution in [3.8, 4) is 22.4 Å².